The number of hydrogen-bond acceptors (Lipinski definition) is 1. The molecular formula is C21H29N2+. The van der Waals surface area contributed by atoms with Gasteiger partial charge >= 0.3 is 0 Å². The van der Waals surface area contributed by atoms with E-state index in [0.717, 1.165) is 19.6 Å². The molecule has 3 rings (SSSR count). The molecule has 0 unspecified atom stereocenters. The number of hydrogen-bond donors (Lipinski definition) is 1. The number of rotatable bonds is 3. The summed E-state index contributed by atoms with van der Waals surface area (Å²) in [6, 6.07) is 13.7. The summed E-state index contributed by atoms with van der Waals surface area (Å²) in [6.07, 6.45) is 0. The maximum Gasteiger partial charge on any atom is 0.103 e. The second-order valence-corrected chi connectivity index (χ2v) is 7.13. The highest BCUT2D eigenvalue weighted by molar-refractivity contribution is 5.55. The molecule has 0 radical (unpaired) electrons. The van der Waals surface area contributed by atoms with Crippen molar-refractivity contribution in [3.63, 3.8) is 0 Å². The Morgan fingerprint density at radius 2 is 1.48 bits per heavy atom. The molecule has 2 heteroatoms. The van der Waals surface area contributed by atoms with Crippen molar-refractivity contribution in [3.05, 3.63) is 64.2 Å². The number of nitrogens with zero attached hydrogens (tertiary/aromatic N) is 1. The first kappa shape index (κ1) is 16.1. The molecule has 2 nitrogen and oxygen atoms in total. The van der Waals surface area contributed by atoms with Gasteiger partial charge in [0.2, 0.25) is 0 Å². The molecule has 0 saturated carbocycles. The van der Waals surface area contributed by atoms with Crippen molar-refractivity contribution in [1.82, 2.24) is 0 Å². The molecule has 1 heterocycles. The number of benzene rings is 2. The first-order valence-corrected chi connectivity index (χ1v) is 8.75. The minimum absolute atomic E-state index is 1.16. The van der Waals surface area contributed by atoms with Crippen LogP contribution >= 0.6 is 0 Å². The van der Waals surface area contributed by atoms with Crippen LogP contribution < -0.4 is 9.80 Å². The monoisotopic (exact) mass is 309 g/mol. The molecule has 1 aliphatic heterocycles. The zero-order valence-corrected chi connectivity index (χ0v) is 14.9. The normalized spacial score (nSPS) is 15.9. The van der Waals surface area contributed by atoms with Crippen LogP contribution in [0.25, 0.3) is 0 Å². The SMILES string of the molecule is Cc1ccc(C[NH+]2CCN(c3cc(C)ccc3C)CC2)c(C)c1. The van der Waals surface area contributed by atoms with Crippen LogP contribution in [0.2, 0.25) is 0 Å². The highest BCUT2D eigenvalue weighted by Crippen LogP contribution is 2.21. The van der Waals surface area contributed by atoms with Crippen LogP contribution in [0.3, 0.4) is 0 Å². The smallest absolute Gasteiger partial charge is 0.103 e. The van der Waals surface area contributed by atoms with Gasteiger partial charge in [0, 0.05) is 11.3 Å². The average Bonchev–Trinajstić information content (AvgIpc) is 2.53. The minimum Gasteiger partial charge on any atom is -0.360 e. The van der Waals surface area contributed by atoms with Crippen molar-refractivity contribution < 1.29 is 4.90 Å². The van der Waals surface area contributed by atoms with Gasteiger partial charge in [-0.1, -0.05) is 35.9 Å². The Bertz CT molecular complexity index is 682. The largest absolute Gasteiger partial charge is 0.360 e. The van der Waals surface area contributed by atoms with Crippen molar-refractivity contribution in [1.29, 1.82) is 0 Å². The number of nitrogens with one attached hydrogen (secondary N) is 1. The van der Waals surface area contributed by atoms with E-state index in [9.17, 15) is 0 Å². The summed E-state index contributed by atoms with van der Waals surface area (Å²) in [6.45, 7) is 14.7. The molecule has 0 amide bonds. The molecule has 0 spiro atoms. The summed E-state index contributed by atoms with van der Waals surface area (Å²) in [5.74, 6) is 0. The van der Waals surface area contributed by atoms with E-state index in [1.165, 1.54) is 46.6 Å². The van der Waals surface area contributed by atoms with Crippen LogP contribution in [-0.4, -0.2) is 26.2 Å². The molecular weight excluding hydrogens is 280 g/mol. The minimum atomic E-state index is 1.16. The lowest BCUT2D eigenvalue weighted by molar-refractivity contribution is -0.914. The zero-order chi connectivity index (χ0) is 16.4. The average molecular weight is 309 g/mol. The first-order chi connectivity index (χ1) is 11.0. The Balaban J connectivity index is 1.63. The van der Waals surface area contributed by atoms with E-state index in [0.29, 0.717) is 0 Å². The second-order valence-electron chi connectivity index (χ2n) is 7.13. The Kier molecular flexibility index (Phi) is 4.72. The van der Waals surface area contributed by atoms with Gasteiger partial charge < -0.3 is 9.80 Å². The van der Waals surface area contributed by atoms with E-state index in [1.807, 2.05) is 0 Å². The van der Waals surface area contributed by atoms with Gasteiger partial charge in [0.25, 0.3) is 0 Å². The summed E-state index contributed by atoms with van der Waals surface area (Å²) in [5.41, 5.74) is 8.49. The fourth-order valence-electron chi connectivity index (χ4n) is 3.61. The van der Waals surface area contributed by atoms with Crippen LogP contribution in [0.4, 0.5) is 5.69 Å². The van der Waals surface area contributed by atoms with E-state index in [-0.39, 0.29) is 0 Å². The summed E-state index contributed by atoms with van der Waals surface area (Å²) in [7, 11) is 0. The van der Waals surface area contributed by atoms with E-state index in [4.69, 9.17) is 0 Å². The van der Waals surface area contributed by atoms with Gasteiger partial charge in [-0.2, -0.15) is 0 Å². The second kappa shape index (κ2) is 6.76. The van der Waals surface area contributed by atoms with Crippen LogP contribution in [-0.2, 0) is 6.54 Å². The molecule has 0 bridgehead atoms. The van der Waals surface area contributed by atoms with E-state index < -0.39 is 0 Å². The quantitative estimate of drug-likeness (QED) is 0.916. The predicted molar refractivity (Wildman–Crippen MR) is 98.4 cm³/mol. The summed E-state index contributed by atoms with van der Waals surface area (Å²) >= 11 is 0. The molecule has 1 aliphatic rings. The molecule has 1 fully saturated rings. The topological polar surface area (TPSA) is 7.68 Å². The first-order valence-electron chi connectivity index (χ1n) is 8.75. The van der Waals surface area contributed by atoms with Gasteiger partial charge in [-0.15, -0.1) is 0 Å². The number of quaternary nitrogens is 1. The molecule has 23 heavy (non-hydrogen) atoms. The van der Waals surface area contributed by atoms with Crippen LogP contribution in [0.5, 0.6) is 0 Å². The molecule has 1 N–H and O–H groups in total. The molecule has 1 saturated heterocycles. The van der Waals surface area contributed by atoms with Gasteiger partial charge in [0.15, 0.2) is 0 Å². The van der Waals surface area contributed by atoms with Crippen LogP contribution in [0.15, 0.2) is 36.4 Å². The van der Waals surface area contributed by atoms with Gasteiger partial charge in [0.1, 0.15) is 6.54 Å². The van der Waals surface area contributed by atoms with Crippen molar-refractivity contribution in [3.8, 4) is 0 Å². The van der Waals surface area contributed by atoms with Crippen LogP contribution in [0, 0.1) is 27.7 Å². The summed E-state index contributed by atoms with van der Waals surface area (Å²) < 4.78 is 0. The van der Waals surface area contributed by atoms with E-state index in [1.54, 1.807) is 4.90 Å². The van der Waals surface area contributed by atoms with Gasteiger partial charge in [-0.3, -0.25) is 0 Å². The fraction of sp³-hybridized carbons (Fsp3) is 0.429. The Labute approximate surface area is 140 Å². The molecule has 2 aromatic rings. The van der Waals surface area contributed by atoms with Crippen molar-refractivity contribution in [2.45, 2.75) is 34.2 Å². The number of anilines is 1. The molecule has 0 aromatic heterocycles. The lowest BCUT2D eigenvalue weighted by Gasteiger charge is -2.35. The highest BCUT2D eigenvalue weighted by Gasteiger charge is 2.21. The number of piperazine rings is 1. The highest BCUT2D eigenvalue weighted by atomic mass is 15.3. The lowest BCUT2D eigenvalue weighted by Crippen LogP contribution is -3.13. The third-order valence-corrected chi connectivity index (χ3v) is 5.11. The van der Waals surface area contributed by atoms with Crippen molar-refractivity contribution >= 4 is 5.69 Å². The molecule has 0 atom stereocenters. The van der Waals surface area contributed by atoms with Gasteiger partial charge in [0.05, 0.1) is 26.2 Å². The third kappa shape index (κ3) is 3.76. The Morgan fingerprint density at radius 1 is 0.826 bits per heavy atom. The molecule has 122 valence electrons. The zero-order valence-electron chi connectivity index (χ0n) is 14.9. The Morgan fingerprint density at radius 3 is 2.17 bits per heavy atom. The molecule has 0 aliphatic carbocycles. The standard InChI is InChI=1S/C21H28N2/c1-16-6-8-20(19(4)13-16)15-22-9-11-23(12-10-22)21-14-17(2)5-7-18(21)3/h5-8,13-14H,9-12,15H2,1-4H3/p+1. The Hall–Kier alpha value is -1.80. The lowest BCUT2D eigenvalue weighted by atomic mass is 10.0. The maximum absolute atomic E-state index is 2.56. The van der Waals surface area contributed by atoms with E-state index in [2.05, 4.69) is 69.0 Å². The maximum atomic E-state index is 2.56. The van der Waals surface area contributed by atoms with Crippen LogP contribution in [0.1, 0.15) is 27.8 Å². The van der Waals surface area contributed by atoms with Crippen molar-refractivity contribution in [2.24, 2.45) is 0 Å². The van der Waals surface area contributed by atoms with Gasteiger partial charge in [-0.25, -0.2) is 0 Å². The number of aryl methyl sites for hydroxylation is 4. The van der Waals surface area contributed by atoms with Gasteiger partial charge in [-0.05, 0) is 50.5 Å². The predicted octanol–water partition coefficient (Wildman–Crippen LogP) is 2.83. The third-order valence-electron chi connectivity index (χ3n) is 5.11. The van der Waals surface area contributed by atoms with Crippen molar-refractivity contribution in [2.75, 3.05) is 31.1 Å². The molecule has 2 aromatic carbocycles. The fourth-order valence-corrected chi connectivity index (χ4v) is 3.61. The summed E-state index contributed by atoms with van der Waals surface area (Å²) in [5, 5.41) is 0. The summed E-state index contributed by atoms with van der Waals surface area (Å²) in [4.78, 5) is 4.27. The van der Waals surface area contributed by atoms with E-state index >= 15 is 0 Å².